The van der Waals surface area contributed by atoms with Crippen LogP contribution in [0.2, 0.25) is 0 Å². The van der Waals surface area contributed by atoms with Crippen LogP contribution >= 0.6 is 47.8 Å². The van der Waals surface area contributed by atoms with E-state index in [-0.39, 0.29) is 47.8 Å². The first-order valence-electron chi connectivity index (χ1n) is 9.32. The van der Waals surface area contributed by atoms with E-state index < -0.39 is 0 Å². The van der Waals surface area contributed by atoms with Crippen molar-refractivity contribution in [2.45, 2.75) is 92.9 Å². The van der Waals surface area contributed by atoms with Gasteiger partial charge in [-0.3, -0.25) is 4.79 Å². The van der Waals surface area contributed by atoms with Crippen molar-refractivity contribution < 1.29 is 10.1 Å². The van der Waals surface area contributed by atoms with Gasteiger partial charge in [-0.2, -0.15) is 0 Å². The minimum atomic E-state index is -0.303. The van der Waals surface area contributed by atoms with Crippen molar-refractivity contribution in [3.05, 3.63) is 0 Å². The first-order valence-corrected chi connectivity index (χ1v) is 12.1. The van der Waals surface area contributed by atoms with Gasteiger partial charge in [-0.15, -0.1) is 0 Å². The van der Waals surface area contributed by atoms with Gasteiger partial charge in [-0.25, -0.2) is 0 Å². The molecule has 1 saturated heterocycles. The standard InChI is InChI=1S/C19H31Br3N2O/c1-15(2)9-11(10-16(3,4)24-15)23-14(25)19-8-7-18(12(19)20,13(21)22)17(19,5)6/h11-13,24H,7-10H2,1-6H3,(H,23,25)/p+1/t12-,18-,19+/m0/s1. The molecular weight excluding hydrogens is 512 g/mol. The first kappa shape index (κ1) is 20.6. The van der Waals surface area contributed by atoms with Crippen molar-refractivity contribution in [1.82, 2.24) is 5.32 Å². The third-order valence-electron chi connectivity index (χ3n) is 7.55. The summed E-state index contributed by atoms with van der Waals surface area (Å²) in [6.07, 6.45) is 4.08. The van der Waals surface area contributed by atoms with Crippen LogP contribution in [0.1, 0.15) is 67.2 Å². The zero-order chi connectivity index (χ0) is 19.1. The molecule has 3 saturated carbocycles. The highest BCUT2D eigenvalue weighted by Gasteiger charge is 2.83. The van der Waals surface area contributed by atoms with Crippen molar-refractivity contribution in [2.24, 2.45) is 16.2 Å². The summed E-state index contributed by atoms with van der Waals surface area (Å²) in [7, 11) is 0. The molecule has 0 aromatic rings. The van der Waals surface area contributed by atoms with Gasteiger partial charge in [0.1, 0.15) is 0 Å². The number of piperidine rings is 1. The Bertz CT molecular complexity index is 573. The molecule has 1 amide bonds. The molecule has 0 spiro atoms. The molecule has 25 heavy (non-hydrogen) atoms. The molecule has 4 rings (SSSR count). The Hall–Kier alpha value is 0.870. The van der Waals surface area contributed by atoms with E-state index in [1.807, 2.05) is 0 Å². The molecule has 4 fully saturated rings. The van der Waals surface area contributed by atoms with Crippen molar-refractivity contribution in [3.63, 3.8) is 0 Å². The number of hydrogen-bond acceptors (Lipinski definition) is 1. The van der Waals surface area contributed by atoms with Crippen molar-refractivity contribution in [1.29, 1.82) is 0 Å². The molecular formula is C19H32Br3N2O+. The maximum Gasteiger partial charge on any atom is 0.228 e. The van der Waals surface area contributed by atoms with Crippen LogP contribution in [-0.4, -0.2) is 31.6 Å². The molecule has 0 unspecified atom stereocenters. The third kappa shape index (κ3) is 2.66. The number of nitrogens with two attached hydrogens (primary N) is 1. The maximum atomic E-state index is 13.5. The fourth-order valence-electron chi connectivity index (χ4n) is 6.63. The molecule has 3 N–H and O–H groups in total. The lowest BCUT2D eigenvalue weighted by Gasteiger charge is -2.66. The highest BCUT2D eigenvalue weighted by molar-refractivity contribution is 9.24. The third-order valence-corrected chi connectivity index (χ3v) is 10.8. The Balaban J connectivity index is 1.81. The van der Waals surface area contributed by atoms with Gasteiger partial charge in [0.2, 0.25) is 5.91 Å². The zero-order valence-electron chi connectivity index (χ0n) is 16.2. The molecule has 0 radical (unpaired) electrons. The van der Waals surface area contributed by atoms with Gasteiger partial charge >= 0.3 is 0 Å². The predicted octanol–water partition coefficient (Wildman–Crippen LogP) is 4.07. The molecule has 1 aliphatic heterocycles. The van der Waals surface area contributed by atoms with Crippen LogP contribution in [0.5, 0.6) is 0 Å². The van der Waals surface area contributed by atoms with Gasteiger partial charge in [-0.05, 0) is 46.0 Å². The SMILES string of the molecule is CC1(C)CC(NC(=O)[C@@]23CC[C@@](C(Br)Br)([C@@H]2Br)C3(C)C)CC(C)(C)[NH2+]1. The Morgan fingerprint density at radius 1 is 1.04 bits per heavy atom. The van der Waals surface area contributed by atoms with E-state index in [2.05, 4.69) is 100.0 Å². The lowest BCUT2D eigenvalue weighted by molar-refractivity contribution is -0.788. The number of halogens is 3. The highest BCUT2D eigenvalue weighted by atomic mass is 79.9. The zero-order valence-corrected chi connectivity index (χ0v) is 20.9. The van der Waals surface area contributed by atoms with Crippen molar-refractivity contribution in [3.8, 4) is 0 Å². The van der Waals surface area contributed by atoms with Crippen LogP contribution in [0.15, 0.2) is 0 Å². The van der Waals surface area contributed by atoms with Crippen LogP contribution in [0.3, 0.4) is 0 Å². The van der Waals surface area contributed by atoms with E-state index in [0.717, 1.165) is 25.7 Å². The van der Waals surface area contributed by atoms with Gasteiger partial charge in [-0.1, -0.05) is 61.6 Å². The number of amides is 1. The number of carbonyl (C=O) groups excluding carboxylic acids is 1. The molecule has 4 aliphatic rings. The van der Waals surface area contributed by atoms with Crippen molar-refractivity contribution in [2.75, 3.05) is 0 Å². The fourth-order valence-corrected chi connectivity index (χ4v) is 11.5. The average molecular weight is 544 g/mol. The normalized spacial score (nSPS) is 41.4. The number of nitrogens with one attached hydrogen (secondary N) is 1. The number of quaternary nitrogens is 1. The predicted molar refractivity (Wildman–Crippen MR) is 113 cm³/mol. The van der Waals surface area contributed by atoms with Crippen LogP contribution in [0.25, 0.3) is 0 Å². The monoisotopic (exact) mass is 541 g/mol. The summed E-state index contributed by atoms with van der Waals surface area (Å²) in [5.74, 6) is 0.256. The molecule has 1 heterocycles. The molecule has 3 aliphatic carbocycles. The molecule has 2 bridgehead atoms. The van der Waals surface area contributed by atoms with E-state index in [9.17, 15) is 4.79 Å². The van der Waals surface area contributed by atoms with E-state index in [0.29, 0.717) is 0 Å². The lowest BCUT2D eigenvalue weighted by Crippen LogP contribution is -3.06. The van der Waals surface area contributed by atoms with E-state index in [4.69, 9.17) is 0 Å². The van der Waals surface area contributed by atoms with Gasteiger partial charge < -0.3 is 10.6 Å². The van der Waals surface area contributed by atoms with Crippen molar-refractivity contribution >= 4 is 53.7 Å². The second-order valence-electron chi connectivity index (χ2n) is 10.5. The summed E-state index contributed by atoms with van der Waals surface area (Å²) >= 11 is 11.5. The fraction of sp³-hybridized carbons (Fsp3) is 0.947. The summed E-state index contributed by atoms with van der Waals surface area (Å²) < 4.78 is 0.220. The largest absolute Gasteiger partial charge is 0.352 e. The molecule has 144 valence electrons. The highest BCUT2D eigenvalue weighted by Crippen LogP contribution is 2.82. The van der Waals surface area contributed by atoms with E-state index in [1.165, 1.54) is 0 Å². The minimum absolute atomic E-state index is 0.0399. The lowest BCUT2D eigenvalue weighted by atomic mass is 9.43. The maximum absolute atomic E-state index is 13.5. The number of alkyl halides is 3. The number of rotatable bonds is 3. The van der Waals surface area contributed by atoms with Gasteiger partial charge in [0.05, 0.1) is 20.2 Å². The minimum Gasteiger partial charge on any atom is -0.352 e. The molecule has 6 heteroatoms. The number of fused-ring (bicyclic) bond motifs is 1. The summed E-state index contributed by atoms with van der Waals surface area (Å²) in [5, 5.41) is 5.93. The topological polar surface area (TPSA) is 45.7 Å². The number of carbonyl (C=O) groups is 1. The Morgan fingerprint density at radius 3 is 1.96 bits per heavy atom. The van der Waals surface area contributed by atoms with Crippen LogP contribution in [0.4, 0.5) is 0 Å². The Labute approximate surface area is 177 Å². The smallest absolute Gasteiger partial charge is 0.228 e. The summed E-state index contributed by atoms with van der Waals surface area (Å²) in [6, 6.07) is 0.256. The molecule has 3 atom stereocenters. The van der Waals surface area contributed by atoms with Crippen LogP contribution in [-0.2, 0) is 4.79 Å². The van der Waals surface area contributed by atoms with Gasteiger partial charge in [0, 0.05) is 29.1 Å². The number of hydrogen-bond donors (Lipinski definition) is 2. The quantitative estimate of drug-likeness (QED) is 0.518. The molecule has 3 nitrogen and oxygen atoms in total. The van der Waals surface area contributed by atoms with Crippen LogP contribution in [0, 0.1) is 16.2 Å². The Morgan fingerprint density at radius 2 is 1.56 bits per heavy atom. The molecule has 0 aromatic carbocycles. The first-order chi connectivity index (χ1) is 11.2. The second-order valence-corrected chi connectivity index (χ2v) is 14.5. The Kier molecular flexibility index (Phi) is 4.89. The van der Waals surface area contributed by atoms with E-state index >= 15 is 0 Å². The molecule has 0 aromatic heterocycles. The van der Waals surface area contributed by atoms with Gasteiger partial charge in [0.15, 0.2) is 0 Å². The summed E-state index contributed by atoms with van der Waals surface area (Å²) in [6.45, 7) is 13.7. The van der Waals surface area contributed by atoms with Crippen LogP contribution < -0.4 is 10.6 Å². The average Bonchev–Trinajstić information content (AvgIpc) is 2.84. The van der Waals surface area contributed by atoms with Gasteiger partial charge in [0.25, 0.3) is 0 Å². The van der Waals surface area contributed by atoms with E-state index in [1.54, 1.807) is 0 Å². The summed E-state index contributed by atoms with van der Waals surface area (Å²) in [4.78, 5) is 13.7. The summed E-state index contributed by atoms with van der Waals surface area (Å²) in [5.41, 5.74) is 0.0697. The second kappa shape index (κ2) is 5.93.